The van der Waals surface area contributed by atoms with Gasteiger partial charge in [0.25, 0.3) is 10.0 Å². The molecule has 0 spiro atoms. The molecule has 0 unspecified atom stereocenters. The molecule has 10 nitrogen and oxygen atoms in total. The van der Waals surface area contributed by atoms with E-state index in [1.54, 1.807) is 42.2 Å². The maximum atomic E-state index is 13.6. The van der Waals surface area contributed by atoms with Crippen LogP contribution < -0.4 is 14.2 Å². The molecule has 4 heterocycles. The molecule has 1 aromatic carbocycles. The van der Waals surface area contributed by atoms with Crippen LogP contribution in [0.1, 0.15) is 5.56 Å². The quantitative estimate of drug-likeness (QED) is 0.203. The summed E-state index contributed by atoms with van der Waals surface area (Å²) in [6.45, 7) is 2.21. The van der Waals surface area contributed by atoms with Crippen molar-refractivity contribution in [1.29, 1.82) is 0 Å². The van der Waals surface area contributed by atoms with E-state index < -0.39 is 10.0 Å². The van der Waals surface area contributed by atoms with Crippen LogP contribution in [-0.4, -0.2) is 46.6 Å². The van der Waals surface area contributed by atoms with Crippen molar-refractivity contribution in [2.45, 2.75) is 11.8 Å². The third-order valence-electron chi connectivity index (χ3n) is 5.35. The standard InChI is InChI=1S/C26H21BrN6O4S2/c1-17-5-7-18(8-6-17)22-24(31-16-32-25(22)36-11-12-37-26-29-14-19(27)15-30-26)33-39(34,35)21-9-13-38-23(21)20-4-2-3-10-28-20/h2-10,13-16H,11-12H2,1H3,(H,31,32,33). The Morgan fingerprint density at radius 3 is 2.44 bits per heavy atom. The molecular formula is C26H21BrN6O4S2. The van der Waals surface area contributed by atoms with Crippen LogP contribution in [0.15, 0.2) is 88.2 Å². The minimum Gasteiger partial charge on any atom is -0.473 e. The number of benzene rings is 1. The van der Waals surface area contributed by atoms with Crippen molar-refractivity contribution in [3.8, 4) is 33.6 Å². The zero-order valence-corrected chi connectivity index (χ0v) is 23.7. The smallest absolute Gasteiger partial charge is 0.316 e. The van der Waals surface area contributed by atoms with Gasteiger partial charge in [0, 0.05) is 18.6 Å². The van der Waals surface area contributed by atoms with Crippen molar-refractivity contribution in [1.82, 2.24) is 24.9 Å². The Balaban J connectivity index is 1.43. The predicted molar refractivity (Wildman–Crippen MR) is 151 cm³/mol. The average molecular weight is 626 g/mol. The number of thiophene rings is 1. The van der Waals surface area contributed by atoms with Crippen molar-refractivity contribution >= 4 is 43.1 Å². The number of hydrogen-bond donors (Lipinski definition) is 1. The van der Waals surface area contributed by atoms with Crippen LogP contribution in [0.4, 0.5) is 5.82 Å². The normalized spacial score (nSPS) is 11.2. The highest BCUT2D eigenvalue weighted by Gasteiger charge is 2.25. The molecule has 13 heteroatoms. The van der Waals surface area contributed by atoms with Crippen molar-refractivity contribution in [3.63, 3.8) is 0 Å². The van der Waals surface area contributed by atoms with Gasteiger partial charge in [-0.05, 0) is 52.0 Å². The van der Waals surface area contributed by atoms with E-state index in [2.05, 4.69) is 45.6 Å². The summed E-state index contributed by atoms with van der Waals surface area (Å²) >= 11 is 4.57. The summed E-state index contributed by atoms with van der Waals surface area (Å²) < 4.78 is 42.0. The molecule has 39 heavy (non-hydrogen) atoms. The summed E-state index contributed by atoms with van der Waals surface area (Å²) in [5, 5.41) is 1.71. The van der Waals surface area contributed by atoms with E-state index in [4.69, 9.17) is 9.47 Å². The number of rotatable bonds is 10. The fraction of sp³-hybridized carbons (Fsp3) is 0.115. The van der Waals surface area contributed by atoms with Gasteiger partial charge in [0.1, 0.15) is 24.4 Å². The van der Waals surface area contributed by atoms with E-state index in [-0.39, 0.29) is 35.8 Å². The Morgan fingerprint density at radius 1 is 0.923 bits per heavy atom. The fourth-order valence-corrected chi connectivity index (χ4v) is 6.20. The second-order valence-electron chi connectivity index (χ2n) is 8.08. The molecule has 5 aromatic rings. The number of nitrogens with one attached hydrogen (secondary N) is 1. The van der Waals surface area contributed by atoms with Crippen LogP contribution in [0.25, 0.3) is 21.7 Å². The summed E-state index contributed by atoms with van der Waals surface area (Å²) in [6, 6.07) is 14.6. The van der Waals surface area contributed by atoms with Crippen molar-refractivity contribution in [3.05, 3.63) is 88.9 Å². The Morgan fingerprint density at radius 2 is 1.69 bits per heavy atom. The minimum atomic E-state index is -4.04. The highest BCUT2D eigenvalue weighted by atomic mass is 79.9. The summed E-state index contributed by atoms with van der Waals surface area (Å²) in [7, 11) is -4.04. The molecule has 5 rings (SSSR count). The molecule has 0 aliphatic rings. The first-order valence-electron chi connectivity index (χ1n) is 11.6. The highest BCUT2D eigenvalue weighted by molar-refractivity contribution is 9.10. The van der Waals surface area contributed by atoms with Gasteiger partial charge in [-0.15, -0.1) is 11.3 Å². The fourth-order valence-electron chi connectivity index (χ4n) is 3.56. The van der Waals surface area contributed by atoms with Gasteiger partial charge in [-0.25, -0.2) is 28.4 Å². The zero-order valence-electron chi connectivity index (χ0n) is 20.5. The lowest BCUT2D eigenvalue weighted by Crippen LogP contribution is -2.16. The van der Waals surface area contributed by atoms with Crippen LogP contribution in [0, 0.1) is 6.92 Å². The summed E-state index contributed by atoms with van der Waals surface area (Å²) in [5.74, 6) is 0.279. The number of hydrogen-bond acceptors (Lipinski definition) is 10. The molecule has 0 radical (unpaired) electrons. The lowest BCUT2D eigenvalue weighted by atomic mass is 10.1. The van der Waals surface area contributed by atoms with E-state index >= 15 is 0 Å². The third-order valence-corrected chi connectivity index (χ3v) is 8.21. The van der Waals surface area contributed by atoms with Crippen LogP contribution in [-0.2, 0) is 10.0 Å². The van der Waals surface area contributed by atoms with Crippen molar-refractivity contribution in [2.75, 3.05) is 17.9 Å². The Hall–Kier alpha value is -3.94. The number of aryl methyl sites for hydroxylation is 1. The number of aromatic nitrogens is 5. The number of pyridine rings is 1. The first-order valence-corrected chi connectivity index (χ1v) is 14.7. The number of sulfonamides is 1. The molecule has 0 saturated carbocycles. The maximum absolute atomic E-state index is 13.6. The van der Waals surface area contributed by atoms with E-state index in [1.807, 2.05) is 37.3 Å². The molecule has 4 aromatic heterocycles. The molecule has 0 atom stereocenters. The topological polar surface area (TPSA) is 129 Å². The molecule has 0 aliphatic heterocycles. The van der Waals surface area contributed by atoms with Crippen molar-refractivity contribution < 1.29 is 17.9 Å². The van der Waals surface area contributed by atoms with Gasteiger partial charge >= 0.3 is 6.01 Å². The summed E-state index contributed by atoms with van der Waals surface area (Å²) in [5.41, 5.74) is 2.69. The SMILES string of the molecule is Cc1ccc(-c2c(NS(=O)(=O)c3ccsc3-c3ccccn3)ncnc2OCCOc2ncc(Br)cn2)cc1. The summed E-state index contributed by atoms with van der Waals surface area (Å²) in [6.07, 6.45) is 6.02. The summed E-state index contributed by atoms with van der Waals surface area (Å²) in [4.78, 5) is 21.6. The molecule has 0 bridgehead atoms. The highest BCUT2D eigenvalue weighted by Crippen LogP contribution is 2.37. The number of ether oxygens (including phenoxy) is 2. The molecule has 0 saturated heterocycles. The first-order chi connectivity index (χ1) is 18.9. The monoisotopic (exact) mass is 624 g/mol. The molecule has 0 fully saturated rings. The van der Waals surface area contributed by atoms with Gasteiger partial charge in [-0.2, -0.15) is 0 Å². The van der Waals surface area contributed by atoms with E-state index in [0.29, 0.717) is 21.7 Å². The number of anilines is 1. The first kappa shape index (κ1) is 26.7. The third kappa shape index (κ3) is 6.38. The van der Waals surface area contributed by atoms with Gasteiger partial charge in [0.15, 0.2) is 5.82 Å². The molecule has 0 aliphatic carbocycles. The molecule has 1 N–H and O–H groups in total. The van der Waals surface area contributed by atoms with E-state index in [9.17, 15) is 8.42 Å². The Labute approximate surface area is 237 Å². The average Bonchev–Trinajstić information content (AvgIpc) is 3.45. The van der Waals surface area contributed by atoms with Crippen molar-refractivity contribution in [2.24, 2.45) is 0 Å². The van der Waals surface area contributed by atoms with Gasteiger partial charge in [-0.3, -0.25) is 9.71 Å². The lowest BCUT2D eigenvalue weighted by molar-refractivity contribution is 0.202. The van der Waals surface area contributed by atoms with Crippen LogP contribution >= 0.6 is 27.3 Å². The maximum Gasteiger partial charge on any atom is 0.316 e. The van der Waals surface area contributed by atoms with Crippen LogP contribution in [0.3, 0.4) is 0 Å². The van der Waals surface area contributed by atoms with Crippen LogP contribution in [0.5, 0.6) is 11.9 Å². The second-order valence-corrected chi connectivity index (χ2v) is 11.6. The lowest BCUT2D eigenvalue weighted by Gasteiger charge is -2.16. The second kappa shape index (κ2) is 11.8. The van der Waals surface area contributed by atoms with Gasteiger partial charge in [0.05, 0.1) is 20.6 Å². The zero-order chi connectivity index (χ0) is 27.2. The van der Waals surface area contributed by atoms with Crippen LogP contribution in [0.2, 0.25) is 0 Å². The van der Waals surface area contributed by atoms with Gasteiger partial charge in [-0.1, -0.05) is 35.9 Å². The number of halogens is 1. The minimum absolute atomic E-state index is 0.0826. The largest absolute Gasteiger partial charge is 0.473 e. The van der Waals surface area contributed by atoms with E-state index in [1.165, 1.54) is 17.7 Å². The number of nitrogens with zero attached hydrogens (tertiary/aromatic N) is 5. The Bertz CT molecular complexity index is 1670. The van der Waals surface area contributed by atoms with E-state index in [0.717, 1.165) is 10.0 Å². The van der Waals surface area contributed by atoms with Gasteiger partial charge in [0.2, 0.25) is 5.88 Å². The molecular weight excluding hydrogens is 604 g/mol. The predicted octanol–water partition coefficient (Wildman–Crippen LogP) is 5.39. The molecule has 198 valence electrons. The Kier molecular flexibility index (Phi) is 8.10. The molecule has 0 amide bonds. The van der Waals surface area contributed by atoms with Gasteiger partial charge < -0.3 is 9.47 Å².